The van der Waals surface area contributed by atoms with Crippen molar-refractivity contribution in [3.8, 4) is 0 Å². The molecule has 20 heavy (non-hydrogen) atoms. The molecule has 3 rings (SSSR count). The third-order valence-electron chi connectivity index (χ3n) is 2.92. The molecule has 0 bridgehead atoms. The lowest BCUT2D eigenvalue weighted by Crippen LogP contribution is -2.04. The molecule has 0 fully saturated rings. The molecular formula is C14H7BrF2N2O. The molecular weight excluding hydrogens is 330 g/mol. The molecule has 2 heterocycles. The largest absolute Gasteiger partial charge is 0.345 e. The van der Waals surface area contributed by atoms with Gasteiger partial charge in [-0.15, -0.1) is 0 Å². The Morgan fingerprint density at radius 2 is 2.00 bits per heavy atom. The summed E-state index contributed by atoms with van der Waals surface area (Å²) in [5.74, 6) is -2.00. The first-order valence-corrected chi connectivity index (χ1v) is 6.48. The van der Waals surface area contributed by atoms with Gasteiger partial charge in [-0.2, -0.15) is 0 Å². The van der Waals surface area contributed by atoms with Crippen LogP contribution in [0.1, 0.15) is 15.9 Å². The third kappa shape index (κ3) is 2.12. The maximum atomic E-state index is 13.7. The van der Waals surface area contributed by atoms with Crippen molar-refractivity contribution in [2.45, 2.75) is 0 Å². The van der Waals surface area contributed by atoms with Crippen LogP contribution in [0.25, 0.3) is 11.0 Å². The van der Waals surface area contributed by atoms with Gasteiger partial charge in [0, 0.05) is 27.8 Å². The minimum Gasteiger partial charge on any atom is -0.345 e. The SMILES string of the molecule is O=C(c1cc(F)ccc1F)c1c[nH]c2ncc(Br)cc12. The number of hydrogen-bond donors (Lipinski definition) is 1. The van der Waals surface area contributed by atoms with E-state index < -0.39 is 17.4 Å². The highest BCUT2D eigenvalue weighted by Crippen LogP contribution is 2.24. The van der Waals surface area contributed by atoms with Gasteiger partial charge in [-0.3, -0.25) is 4.79 Å². The second-order valence-corrected chi connectivity index (χ2v) is 5.12. The van der Waals surface area contributed by atoms with Gasteiger partial charge in [-0.1, -0.05) is 0 Å². The van der Waals surface area contributed by atoms with Crippen LogP contribution in [-0.4, -0.2) is 15.8 Å². The van der Waals surface area contributed by atoms with E-state index in [0.29, 0.717) is 15.5 Å². The fourth-order valence-electron chi connectivity index (χ4n) is 1.98. The molecule has 0 radical (unpaired) electrons. The van der Waals surface area contributed by atoms with E-state index in [0.717, 1.165) is 18.2 Å². The monoisotopic (exact) mass is 336 g/mol. The Balaban J connectivity index is 2.17. The van der Waals surface area contributed by atoms with Crippen LogP contribution in [0.2, 0.25) is 0 Å². The van der Waals surface area contributed by atoms with Crippen molar-refractivity contribution in [1.82, 2.24) is 9.97 Å². The number of aromatic nitrogens is 2. The van der Waals surface area contributed by atoms with Crippen molar-refractivity contribution in [3.63, 3.8) is 0 Å². The van der Waals surface area contributed by atoms with Crippen molar-refractivity contribution < 1.29 is 13.6 Å². The van der Waals surface area contributed by atoms with Crippen LogP contribution in [0.4, 0.5) is 8.78 Å². The van der Waals surface area contributed by atoms with E-state index >= 15 is 0 Å². The molecule has 0 atom stereocenters. The van der Waals surface area contributed by atoms with Gasteiger partial charge in [0.2, 0.25) is 0 Å². The molecule has 0 unspecified atom stereocenters. The summed E-state index contributed by atoms with van der Waals surface area (Å²) in [6.45, 7) is 0. The van der Waals surface area contributed by atoms with Gasteiger partial charge < -0.3 is 4.98 Å². The van der Waals surface area contributed by atoms with E-state index in [-0.39, 0.29) is 11.1 Å². The zero-order chi connectivity index (χ0) is 14.3. The maximum absolute atomic E-state index is 13.7. The molecule has 0 amide bonds. The van der Waals surface area contributed by atoms with Crippen LogP contribution in [-0.2, 0) is 0 Å². The van der Waals surface area contributed by atoms with Crippen molar-refractivity contribution in [2.24, 2.45) is 0 Å². The first-order valence-electron chi connectivity index (χ1n) is 5.68. The Labute approximate surface area is 120 Å². The molecule has 6 heteroatoms. The molecule has 0 spiro atoms. The minimum atomic E-state index is -0.756. The molecule has 0 saturated heterocycles. The van der Waals surface area contributed by atoms with Gasteiger partial charge in [-0.05, 0) is 40.2 Å². The van der Waals surface area contributed by atoms with Crippen LogP contribution in [0.3, 0.4) is 0 Å². The lowest BCUT2D eigenvalue weighted by Gasteiger charge is -2.02. The standard InChI is InChI=1S/C14H7BrF2N2O/c15-7-3-9-11(6-19-14(9)18-5-7)13(20)10-4-8(16)1-2-12(10)17/h1-6H,(H,18,19). The molecule has 0 saturated carbocycles. The number of pyridine rings is 1. The highest BCUT2D eigenvalue weighted by atomic mass is 79.9. The normalized spacial score (nSPS) is 10.9. The van der Waals surface area contributed by atoms with E-state index in [4.69, 9.17) is 0 Å². The number of rotatable bonds is 2. The predicted octanol–water partition coefficient (Wildman–Crippen LogP) is 3.83. The predicted molar refractivity (Wildman–Crippen MR) is 73.6 cm³/mol. The van der Waals surface area contributed by atoms with Crippen molar-refractivity contribution in [2.75, 3.05) is 0 Å². The van der Waals surface area contributed by atoms with E-state index in [1.807, 2.05) is 0 Å². The number of fused-ring (bicyclic) bond motifs is 1. The van der Waals surface area contributed by atoms with Crippen LogP contribution < -0.4 is 0 Å². The minimum absolute atomic E-state index is 0.248. The Morgan fingerprint density at radius 3 is 2.80 bits per heavy atom. The fourth-order valence-corrected chi connectivity index (χ4v) is 2.31. The number of nitrogens with zero attached hydrogens (tertiary/aromatic N) is 1. The summed E-state index contributed by atoms with van der Waals surface area (Å²) in [7, 11) is 0. The van der Waals surface area contributed by atoms with E-state index in [1.165, 1.54) is 6.20 Å². The van der Waals surface area contributed by atoms with Crippen molar-refractivity contribution in [1.29, 1.82) is 0 Å². The fraction of sp³-hybridized carbons (Fsp3) is 0. The third-order valence-corrected chi connectivity index (χ3v) is 3.35. The molecule has 0 aliphatic carbocycles. The Kier molecular flexibility index (Phi) is 3.10. The summed E-state index contributed by atoms with van der Waals surface area (Å²) in [4.78, 5) is 19.3. The van der Waals surface area contributed by atoms with Gasteiger partial charge in [0.25, 0.3) is 0 Å². The number of benzene rings is 1. The van der Waals surface area contributed by atoms with Crippen LogP contribution in [0, 0.1) is 11.6 Å². The van der Waals surface area contributed by atoms with Crippen LogP contribution in [0.5, 0.6) is 0 Å². The van der Waals surface area contributed by atoms with E-state index in [2.05, 4.69) is 25.9 Å². The van der Waals surface area contributed by atoms with E-state index in [1.54, 1.807) is 12.3 Å². The average Bonchev–Trinajstić information content (AvgIpc) is 2.83. The van der Waals surface area contributed by atoms with E-state index in [9.17, 15) is 13.6 Å². The van der Waals surface area contributed by atoms with Gasteiger partial charge >= 0.3 is 0 Å². The van der Waals surface area contributed by atoms with Crippen molar-refractivity contribution >= 4 is 32.7 Å². The Hall–Kier alpha value is -2.08. The van der Waals surface area contributed by atoms with Crippen molar-refractivity contribution in [3.05, 3.63) is 63.9 Å². The Morgan fingerprint density at radius 1 is 1.20 bits per heavy atom. The van der Waals surface area contributed by atoms with Gasteiger partial charge in [-0.25, -0.2) is 13.8 Å². The zero-order valence-corrected chi connectivity index (χ0v) is 11.5. The summed E-state index contributed by atoms with van der Waals surface area (Å²) in [6.07, 6.45) is 3.02. The first-order chi connectivity index (χ1) is 9.56. The molecule has 1 aromatic carbocycles. The lowest BCUT2D eigenvalue weighted by molar-refractivity contribution is 0.103. The van der Waals surface area contributed by atoms with Crippen LogP contribution in [0.15, 0.2) is 41.1 Å². The van der Waals surface area contributed by atoms with Crippen LogP contribution >= 0.6 is 15.9 Å². The number of aromatic amines is 1. The quantitative estimate of drug-likeness (QED) is 0.723. The van der Waals surface area contributed by atoms with Gasteiger partial charge in [0.05, 0.1) is 5.56 Å². The molecule has 0 aliphatic rings. The molecule has 0 aliphatic heterocycles. The number of nitrogens with one attached hydrogen (secondary N) is 1. The maximum Gasteiger partial charge on any atom is 0.198 e. The Bertz CT molecular complexity index is 829. The smallest absolute Gasteiger partial charge is 0.198 e. The van der Waals surface area contributed by atoms with Gasteiger partial charge in [0.15, 0.2) is 5.78 Å². The number of carbonyl (C=O) groups excluding carboxylic acids is 1. The van der Waals surface area contributed by atoms with Gasteiger partial charge in [0.1, 0.15) is 17.3 Å². The molecule has 3 aromatic rings. The summed E-state index contributed by atoms with van der Waals surface area (Å²) in [6, 6.07) is 4.50. The molecule has 2 aromatic heterocycles. The second kappa shape index (κ2) is 4.79. The number of carbonyl (C=O) groups is 1. The lowest BCUT2D eigenvalue weighted by atomic mass is 10.0. The molecule has 3 nitrogen and oxygen atoms in total. The summed E-state index contributed by atoms with van der Waals surface area (Å²) < 4.78 is 27.5. The number of ketones is 1. The summed E-state index contributed by atoms with van der Waals surface area (Å²) >= 11 is 3.26. The first kappa shape index (κ1) is 12.9. The summed E-state index contributed by atoms with van der Waals surface area (Å²) in [5, 5.41) is 0.549. The second-order valence-electron chi connectivity index (χ2n) is 4.21. The zero-order valence-electron chi connectivity index (χ0n) is 9.95. The highest BCUT2D eigenvalue weighted by molar-refractivity contribution is 9.10. The topological polar surface area (TPSA) is 45.8 Å². The summed E-state index contributed by atoms with van der Waals surface area (Å²) in [5.41, 5.74) is 0.456. The average molecular weight is 337 g/mol. The number of halogens is 3. The molecule has 100 valence electrons. The number of H-pyrrole nitrogens is 1. The molecule has 1 N–H and O–H groups in total. The highest BCUT2D eigenvalue weighted by Gasteiger charge is 2.19. The number of hydrogen-bond acceptors (Lipinski definition) is 2.